The van der Waals surface area contributed by atoms with E-state index in [0.29, 0.717) is 41.4 Å². The second-order valence-corrected chi connectivity index (χ2v) is 11.5. The van der Waals surface area contributed by atoms with E-state index in [0.717, 1.165) is 5.56 Å². The van der Waals surface area contributed by atoms with Gasteiger partial charge in [0.05, 0.1) is 50.1 Å². The molecule has 3 aromatic carbocycles. The van der Waals surface area contributed by atoms with Crippen LogP contribution in [0.1, 0.15) is 44.8 Å². The van der Waals surface area contributed by atoms with Crippen LogP contribution in [-0.2, 0) is 28.5 Å². The second kappa shape index (κ2) is 16.8. The van der Waals surface area contributed by atoms with Gasteiger partial charge in [0, 0.05) is 11.1 Å². The number of epoxide rings is 1. The predicted octanol–water partition coefficient (Wildman–Crippen LogP) is 3.84. The van der Waals surface area contributed by atoms with Gasteiger partial charge in [-0.05, 0) is 57.2 Å². The van der Waals surface area contributed by atoms with Crippen LogP contribution in [0.15, 0.2) is 53.4 Å². The lowest BCUT2D eigenvalue weighted by atomic mass is 10.1. The van der Waals surface area contributed by atoms with Crippen LogP contribution in [0, 0.1) is 20.8 Å². The van der Waals surface area contributed by atoms with Crippen molar-refractivity contribution in [2.75, 3.05) is 40.6 Å². The van der Waals surface area contributed by atoms with Gasteiger partial charge in [0.15, 0.2) is 29.1 Å². The molecule has 0 aromatic heterocycles. The van der Waals surface area contributed by atoms with E-state index in [1.165, 1.54) is 33.3 Å². The van der Waals surface area contributed by atoms with Gasteiger partial charge in [-0.15, -0.1) is 0 Å². The number of rotatable bonds is 7. The standard InChI is InChI=1S/C12H14O5.C10H12O4S.C9H10O4.CH4/c1-7-9(12(14)15-2)3-4-10-11(7)17-8(5-13)6-16-10;1-8-2-4-10(5-3-8)15(11,12)14-7-9-6-13-9;1-5-6(9(12)13-2)3-4-7(10)8(5)11;/h3-4,8,13H,5-6H2,1-2H3;2-5,9H,6-7H2,1H3;3-4,10-11H,1-2H3;1H4/t8-;9-;;/m01../s1. The summed E-state index contributed by atoms with van der Waals surface area (Å²) in [4.78, 5) is 22.8. The molecule has 0 spiro atoms. The molecule has 1 fully saturated rings. The van der Waals surface area contributed by atoms with Gasteiger partial charge in [-0.1, -0.05) is 25.1 Å². The van der Waals surface area contributed by atoms with Crippen molar-refractivity contribution < 1.29 is 61.2 Å². The van der Waals surface area contributed by atoms with E-state index >= 15 is 0 Å². The average Bonchev–Trinajstić information content (AvgIpc) is 3.88. The summed E-state index contributed by atoms with van der Waals surface area (Å²) in [6, 6.07) is 12.5. The van der Waals surface area contributed by atoms with Gasteiger partial charge in [0.25, 0.3) is 10.1 Å². The Morgan fingerprint density at radius 3 is 1.96 bits per heavy atom. The van der Waals surface area contributed by atoms with Crippen molar-refractivity contribution in [3.8, 4) is 23.0 Å². The summed E-state index contributed by atoms with van der Waals surface area (Å²) in [6.07, 6.45) is -0.445. The number of phenolic OH excluding ortho intramolecular Hbond substituents is 2. The Bertz CT molecular complexity index is 1600. The lowest BCUT2D eigenvalue weighted by Gasteiger charge is -2.27. The molecule has 252 valence electrons. The Balaban J connectivity index is 0.000000240. The monoisotopic (exact) mass is 664 g/mol. The van der Waals surface area contributed by atoms with Crippen LogP contribution in [0.2, 0.25) is 0 Å². The van der Waals surface area contributed by atoms with Crippen LogP contribution < -0.4 is 9.47 Å². The minimum atomic E-state index is -3.61. The number of hydrogen-bond donors (Lipinski definition) is 3. The zero-order chi connectivity index (χ0) is 33.3. The number of benzene rings is 3. The van der Waals surface area contributed by atoms with Crippen molar-refractivity contribution in [1.29, 1.82) is 0 Å². The smallest absolute Gasteiger partial charge is 0.338 e. The summed E-state index contributed by atoms with van der Waals surface area (Å²) in [6.45, 7) is 6.06. The van der Waals surface area contributed by atoms with Gasteiger partial charge in [-0.2, -0.15) is 8.42 Å². The number of esters is 2. The molecule has 2 atom stereocenters. The molecular weight excluding hydrogens is 624 g/mol. The zero-order valence-corrected chi connectivity index (χ0v) is 26.3. The van der Waals surface area contributed by atoms with Crippen molar-refractivity contribution in [3.05, 3.63) is 76.3 Å². The molecule has 2 heterocycles. The molecule has 3 N–H and O–H groups in total. The molecule has 46 heavy (non-hydrogen) atoms. The highest BCUT2D eigenvalue weighted by atomic mass is 32.2. The lowest BCUT2D eigenvalue weighted by Crippen LogP contribution is -2.32. The van der Waals surface area contributed by atoms with Crippen molar-refractivity contribution in [2.45, 2.75) is 45.3 Å². The fourth-order valence-corrected chi connectivity index (χ4v) is 4.79. The molecule has 1 saturated heterocycles. The molecule has 0 amide bonds. The maximum Gasteiger partial charge on any atom is 0.338 e. The van der Waals surface area contributed by atoms with E-state index < -0.39 is 28.2 Å². The van der Waals surface area contributed by atoms with Crippen LogP contribution in [0.4, 0.5) is 0 Å². The summed E-state index contributed by atoms with van der Waals surface area (Å²) in [5, 5.41) is 27.4. The van der Waals surface area contributed by atoms with Crippen LogP contribution >= 0.6 is 0 Å². The molecule has 3 aromatic rings. The summed E-state index contributed by atoms with van der Waals surface area (Å²) in [7, 11) is -1.03. The fraction of sp³-hybridized carbons (Fsp3) is 0.375. The summed E-state index contributed by atoms with van der Waals surface area (Å²) in [5.74, 6) is -0.404. The zero-order valence-electron chi connectivity index (χ0n) is 25.4. The topological polar surface area (TPSA) is 188 Å². The van der Waals surface area contributed by atoms with Crippen molar-refractivity contribution in [1.82, 2.24) is 0 Å². The highest BCUT2D eigenvalue weighted by Crippen LogP contribution is 2.37. The van der Waals surface area contributed by atoms with Crippen LogP contribution in [0.25, 0.3) is 0 Å². The van der Waals surface area contributed by atoms with Crippen LogP contribution in [-0.4, -0.2) is 88.5 Å². The Morgan fingerprint density at radius 1 is 0.848 bits per heavy atom. The van der Waals surface area contributed by atoms with E-state index in [2.05, 4.69) is 9.47 Å². The number of fused-ring (bicyclic) bond motifs is 1. The molecule has 2 aliphatic rings. The maximum absolute atomic E-state index is 11.6. The summed E-state index contributed by atoms with van der Waals surface area (Å²) >= 11 is 0. The third kappa shape index (κ3) is 9.81. The van der Waals surface area contributed by atoms with E-state index in [9.17, 15) is 23.1 Å². The van der Waals surface area contributed by atoms with E-state index in [4.69, 9.17) is 28.6 Å². The van der Waals surface area contributed by atoms with Gasteiger partial charge < -0.3 is 39.0 Å². The Morgan fingerprint density at radius 2 is 1.41 bits per heavy atom. The highest BCUT2D eigenvalue weighted by molar-refractivity contribution is 7.86. The minimum Gasteiger partial charge on any atom is -0.504 e. The molecule has 14 heteroatoms. The largest absolute Gasteiger partial charge is 0.504 e. The van der Waals surface area contributed by atoms with Crippen molar-refractivity contribution >= 4 is 22.1 Å². The normalized spacial score (nSPS) is 15.9. The summed E-state index contributed by atoms with van der Waals surface area (Å²) < 4.78 is 53.1. The number of hydrogen-bond acceptors (Lipinski definition) is 13. The summed E-state index contributed by atoms with van der Waals surface area (Å²) in [5.41, 5.74) is 2.67. The number of methoxy groups -OCH3 is 2. The Kier molecular flexibility index (Phi) is 13.8. The van der Waals surface area contributed by atoms with Crippen molar-refractivity contribution in [3.63, 3.8) is 0 Å². The fourth-order valence-electron chi connectivity index (χ4n) is 3.85. The van der Waals surface area contributed by atoms with E-state index in [1.807, 2.05) is 6.92 Å². The molecule has 5 rings (SSSR count). The number of aliphatic hydroxyl groups excluding tert-OH is 1. The number of aryl methyl sites for hydroxylation is 1. The first-order valence-corrected chi connectivity index (χ1v) is 15.0. The van der Waals surface area contributed by atoms with Crippen molar-refractivity contribution in [2.24, 2.45) is 0 Å². The number of carbonyl (C=O) groups excluding carboxylic acids is 2. The third-order valence-electron chi connectivity index (χ3n) is 6.62. The van der Waals surface area contributed by atoms with Gasteiger partial charge in [0.2, 0.25) is 0 Å². The van der Waals surface area contributed by atoms with Gasteiger partial charge in [-0.25, -0.2) is 9.59 Å². The predicted molar refractivity (Wildman–Crippen MR) is 166 cm³/mol. The first kappa shape index (κ1) is 37.8. The molecule has 0 radical (unpaired) electrons. The molecule has 0 bridgehead atoms. The number of ether oxygens (including phenoxy) is 5. The number of aromatic hydroxyl groups is 2. The minimum absolute atomic E-state index is 0. The molecule has 2 aliphatic heterocycles. The average molecular weight is 665 g/mol. The second-order valence-electron chi connectivity index (χ2n) is 9.89. The molecule has 0 unspecified atom stereocenters. The number of phenols is 2. The number of carbonyl (C=O) groups is 2. The molecule has 0 saturated carbocycles. The Hall–Kier alpha value is -4.37. The highest BCUT2D eigenvalue weighted by Gasteiger charge is 2.27. The lowest BCUT2D eigenvalue weighted by molar-refractivity contribution is 0.0443. The van der Waals surface area contributed by atoms with Gasteiger partial charge >= 0.3 is 11.9 Å². The molecule has 13 nitrogen and oxygen atoms in total. The van der Waals surface area contributed by atoms with Crippen LogP contribution in [0.3, 0.4) is 0 Å². The SMILES string of the molecule is C.COC(=O)c1ccc(O)c(O)c1C.COC(=O)c1ccc2c(c1C)O[C@@H](CO)CO2.Cc1ccc(S(=O)(=O)OC[C@H]2CO2)cc1. The van der Waals surface area contributed by atoms with Gasteiger partial charge in [-0.3, -0.25) is 4.18 Å². The number of aliphatic hydroxyl groups is 1. The van der Waals surface area contributed by atoms with Gasteiger partial charge in [0.1, 0.15) is 12.7 Å². The first-order valence-electron chi connectivity index (χ1n) is 13.6. The Labute approximate surface area is 268 Å². The maximum atomic E-state index is 11.6. The molecule has 0 aliphatic carbocycles. The first-order chi connectivity index (χ1) is 21.3. The molecular formula is C32H40O13S. The quantitative estimate of drug-likeness (QED) is 0.143. The van der Waals surface area contributed by atoms with E-state index in [-0.39, 0.29) is 48.7 Å². The van der Waals surface area contributed by atoms with Crippen LogP contribution in [0.5, 0.6) is 23.0 Å². The third-order valence-corrected chi connectivity index (χ3v) is 7.92. The van der Waals surface area contributed by atoms with E-state index in [1.54, 1.807) is 43.3 Å².